The van der Waals surface area contributed by atoms with Gasteiger partial charge in [-0.3, -0.25) is 0 Å². The highest BCUT2D eigenvalue weighted by atomic mass is 14.4. The summed E-state index contributed by atoms with van der Waals surface area (Å²) < 4.78 is 0. The molecule has 2 aliphatic carbocycles. The van der Waals surface area contributed by atoms with E-state index in [2.05, 4.69) is 76.4 Å². The Morgan fingerprint density at radius 3 is 2.58 bits per heavy atom. The van der Waals surface area contributed by atoms with Gasteiger partial charge in [0.1, 0.15) is 0 Å². The minimum atomic E-state index is 0.483. The van der Waals surface area contributed by atoms with Crippen LogP contribution >= 0.6 is 0 Å². The molecule has 0 bridgehead atoms. The zero-order chi connectivity index (χ0) is 18.7. The molecule has 136 valence electrons. The van der Waals surface area contributed by atoms with Crippen LogP contribution in [0.3, 0.4) is 0 Å². The number of benzene rings is 1. The van der Waals surface area contributed by atoms with Crippen LogP contribution in [0.1, 0.15) is 57.1 Å². The lowest BCUT2D eigenvalue weighted by molar-refractivity contribution is 0.389. The van der Waals surface area contributed by atoms with Crippen LogP contribution in [0.2, 0.25) is 0 Å². The van der Waals surface area contributed by atoms with Gasteiger partial charge < -0.3 is 0 Å². The molecule has 0 aromatic heterocycles. The van der Waals surface area contributed by atoms with Gasteiger partial charge in [-0.1, -0.05) is 87.9 Å². The maximum absolute atomic E-state index is 4.48. The van der Waals surface area contributed by atoms with Crippen LogP contribution < -0.4 is 0 Å². The highest BCUT2D eigenvalue weighted by Gasteiger charge is 2.32. The molecule has 3 rings (SSSR count). The van der Waals surface area contributed by atoms with Gasteiger partial charge in [-0.2, -0.15) is 0 Å². The van der Waals surface area contributed by atoms with Gasteiger partial charge >= 0.3 is 0 Å². The summed E-state index contributed by atoms with van der Waals surface area (Å²) in [5.74, 6) is 1.18. The third-order valence-corrected chi connectivity index (χ3v) is 6.04. The Bertz CT molecular complexity index is 797. The van der Waals surface area contributed by atoms with Gasteiger partial charge in [0.25, 0.3) is 0 Å². The van der Waals surface area contributed by atoms with Crippen LogP contribution in [0.4, 0.5) is 0 Å². The molecule has 2 aliphatic rings. The highest BCUT2D eigenvalue weighted by Crippen LogP contribution is 2.46. The van der Waals surface area contributed by atoms with Crippen LogP contribution in [0.15, 0.2) is 77.9 Å². The summed E-state index contributed by atoms with van der Waals surface area (Å²) in [5, 5.41) is 0. The van der Waals surface area contributed by atoms with E-state index in [9.17, 15) is 0 Å². The smallest absolute Gasteiger partial charge is 0.00739 e. The summed E-state index contributed by atoms with van der Waals surface area (Å²) in [7, 11) is 0. The first-order chi connectivity index (χ1) is 12.5. The van der Waals surface area contributed by atoms with Crippen LogP contribution in [0.25, 0.3) is 5.57 Å². The van der Waals surface area contributed by atoms with E-state index in [4.69, 9.17) is 0 Å². The highest BCUT2D eigenvalue weighted by molar-refractivity contribution is 5.75. The number of hydrogen-bond donors (Lipinski definition) is 0. The average molecular weight is 345 g/mol. The van der Waals surface area contributed by atoms with Gasteiger partial charge in [-0.25, -0.2) is 0 Å². The van der Waals surface area contributed by atoms with E-state index < -0.39 is 0 Å². The molecule has 2 unspecified atom stereocenters. The zero-order valence-electron chi connectivity index (χ0n) is 16.6. The molecule has 0 spiro atoms. The van der Waals surface area contributed by atoms with Crippen molar-refractivity contribution in [1.29, 1.82) is 0 Å². The third-order valence-electron chi connectivity index (χ3n) is 6.04. The van der Waals surface area contributed by atoms with Crippen molar-refractivity contribution in [3.63, 3.8) is 0 Å². The zero-order valence-corrected chi connectivity index (χ0v) is 16.6. The van der Waals surface area contributed by atoms with E-state index in [1.54, 1.807) is 0 Å². The largest absolute Gasteiger partial charge is 0.0989 e. The first-order valence-electron chi connectivity index (χ1n) is 10.1. The number of aryl methyl sites for hydroxylation is 1. The van der Waals surface area contributed by atoms with Gasteiger partial charge in [0.2, 0.25) is 0 Å². The number of rotatable bonds is 6. The Balaban J connectivity index is 1.73. The second-order valence-electron chi connectivity index (χ2n) is 7.89. The lowest BCUT2D eigenvalue weighted by Crippen LogP contribution is -2.13. The van der Waals surface area contributed by atoms with Crippen LogP contribution in [-0.2, 0) is 0 Å². The topological polar surface area (TPSA) is 0 Å². The van der Waals surface area contributed by atoms with Crippen molar-refractivity contribution in [1.82, 2.24) is 0 Å². The van der Waals surface area contributed by atoms with Gasteiger partial charge in [0.05, 0.1) is 0 Å². The Morgan fingerprint density at radius 1 is 1.12 bits per heavy atom. The van der Waals surface area contributed by atoms with Crippen LogP contribution in [-0.4, -0.2) is 0 Å². The standard InChI is InChI=1S/C26H32/c1-6-10-22(7-2)26-19(4)15-24(20(26)5)17-21-13-14-23(16-21)25-12-9-8-11-18(25)3/h8-9,11-14,17,22,26H,4-7,10,15-16H2,1-3H3/b24-17+. The van der Waals surface area contributed by atoms with E-state index >= 15 is 0 Å². The first-order valence-corrected chi connectivity index (χ1v) is 10.1. The molecule has 2 atom stereocenters. The summed E-state index contributed by atoms with van der Waals surface area (Å²) in [6.07, 6.45) is 12.7. The molecule has 0 amide bonds. The van der Waals surface area contributed by atoms with Gasteiger partial charge in [0, 0.05) is 5.92 Å². The molecule has 0 nitrogen and oxygen atoms in total. The summed E-state index contributed by atoms with van der Waals surface area (Å²) >= 11 is 0. The van der Waals surface area contributed by atoms with Crippen molar-refractivity contribution >= 4 is 5.57 Å². The van der Waals surface area contributed by atoms with E-state index in [-0.39, 0.29) is 0 Å². The minimum Gasteiger partial charge on any atom is -0.0989 e. The number of allylic oxidation sites excluding steroid dienone is 8. The van der Waals surface area contributed by atoms with Crippen molar-refractivity contribution in [3.8, 4) is 0 Å². The van der Waals surface area contributed by atoms with Gasteiger partial charge in [-0.05, 0) is 65.5 Å². The Morgan fingerprint density at radius 2 is 1.88 bits per heavy atom. The Labute approximate surface area is 159 Å². The molecule has 0 saturated heterocycles. The number of hydrogen-bond acceptors (Lipinski definition) is 0. The normalized spacial score (nSPS) is 22.7. The maximum atomic E-state index is 4.48. The molecule has 1 saturated carbocycles. The molecule has 1 aromatic rings. The molecule has 1 aromatic carbocycles. The third kappa shape index (κ3) is 3.70. The quantitative estimate of drug-likeness (QED) is 0.466. The Hall–Kier alpha value is -2.08. The molecule has 0 heteroatoms. The Kier molecular flexibility index (Phi) is 5.81. The minimum absolute atomic E-state index is 0.483. The maximum Gasteiger partial charge on any atom is 0.00739 e. The van der Waals surface area contributed by atoms with Crippen molar-refractivity contribution in [2.24, 2.45) is 11.8 Å². The second-order valence-corrected chi connectivity index (χ2v) is 7.89. The molecule has 0 aliphatic heterocycles. The lowest BCUT2D eigenvalue weighted by atomic mass is 9.81. The summed E-state index contributed by atoms with van der Waals surface area (Å²) in [4.78, 5) is 0. The predicted octanol–water partition coefficient (Wildman–Crippen LogP) is 7.59. The fourth-order valence-corrected chi connectivity index (χ4v) is 4.64. The average Bonchev–Trinajstić information content (AvgIpc) is 3.19. The molecule has 0 heterocycles. The first kappa shape index (κ1) is 18.7. The fourth-order valence-electron chi connectivity index (χ4n) is 4.64. The second kappa shape index (κ2) is 8.08. The van der Waals surface area contributed by atoms with Crippen LogP contribution in [0.5, 0.6) is 0 Å². The monoisotopic (exact) mass is 344 g/mol. The molecular weight excluding hydrogens is 312 g/mol. The fraction of sp³-hybridized carbons (Fsp3) is 0.385. The molecule has 26 heavy (non-hydrogen) atoms. The van der Waals surface area contributed by atoms with E-state index in [0.29, 0.717) is 11.8 Å². The molecule has 1 fully saturated rings. The SMILES string of the molecule is C=C1C/C(=C\C2=CC=C(c3ccccc3C)C2)C(=C)C1C(CC)CCC. The van der Waals surface area contributed by atoms with Gasteiger partial charge in [0.15, 0.2) is 0 Å². The van der Waals surface area contributed by atoms with Crippen molar-refractivity contribution in [2.45, 2.75) is 52.9 Å². The summed E-state index contributed by atoms with van der Waals surface area (Å²) in [5.41, 5.74) is 9.64. The van der Waals surface area contributed by atoms with Crippen molar-refractivity contribution in [2.75, 3.05) is 0 Å². The summed E-state index contributed by atoms with van der Waals surface area (Å²) in [6.45, 7) is 15.7. The summed E-state index contributed by atoms with van der Waals surface area (Å²) in [6, 6.07) is 8.66. The molecule has 0 radical (unpaired) electrons. The van der Waals surface area contributed by atoms with E-state index in [0.717, 1.165) is 12.8 Å². The van der Waals surface area contributed by atoms with Gasteiger partial charge in [-0.15, -0.1) is 0 Å². The van der Waals surface area contributed by atoms with E-state index in [1.165, 1.54) is 58.3 Å². The predicted molar refractivity (Wildman–Crippen MR) is 115 cm³/mol. The molecular formula is C26H32. The van der Waals surface area contributed by atoms with Crippen molar-refractivity contribution in [3.05, 3.63) is 89.1 Å². The van der Waals surface area contributed by atoms with Crippen molar-refractivity contribution < 1.29 is 0 Å². The lowest BCUT2D eigenvalue weighted by Gasteiger charge is -2.23. The van der Waals surface area contributed by atoms with E-state index in [1.807, 2.05) is 0 Å². The van der Waals surface area contributed by atoms with Crippen LogP contribution in [0, 0.1) is 18.8 Å². The molecule has 0 N–H and O–H groups in total.